The van der Waals surface area contributed by atoms with E-state index in [1.54, 1.807) is 13.0 Å². The minimum absolute atomic E-state index is 0.0959. The number of anilines is 1. The van der Waals surface area contributed by atoms with Crippen LogP contribution >= 0.6 is 0 Å². The first-order chi connectivity index (χ1) is 9.95. The van der Waals surface area contributed by atoms with Crippen LogP contribution < -0.4 is 10.6 Å². The van der Waals surface area contributed by atoms with Gasteiger partial charge in [-0.2, -0.15) is 0 Å². The van der Waals surface area contributed by atoms with Gasteiger partial charge in [0.15, 0.2) is 0 Å². The Bertz CT molecular complexity index is 540. The summed E-state index contributed by atoms with van der Waals surface area (Å²) in [5.74, 6) is -1.99. The minimum Gasteiger partial charge on any atom is -0.393 e. The molecule has 1 aliphatic carbocycles. The van der Waals surface area contributed by atoms with Crippen LogP contribution in [-0.4, -0.2) is 29.1 Å². The van der Waals surface area contributed by atoms with Crippen molar-refractivity contribution in [1.82, 2.24) is 5.32 Å². The monoisotopic (exact) mass is 294 g/mol. The van der Waals surface area contributed by atoms with Crippen LogP contribution in [0.4, 0.5) is 10.1 Å². The van der Waals surface area contributed by atoms with Crippen molar-refractivity contribution >= 4 is 17.5 Å². The number of benzene rings is 1. The van der Waals surface area contributed by atoms with Gasteiger partial charge in [0.1, 0.15) is 5.82 Å². The van der Waals surface area contributed by atoms with Crippen LogP contribution in [0, 0.1) is 12.7 Å². The molecule has 0 atom stereocenters. The lowest BCUT2D eigenvalue weighted by Gasteiger charge is -2.25. The average Bonchev–Trinajstić information content (AvgIpc) is 2.45. The van der Waals surface area contributed by atoms with Crippen molar-refractivity contribution in [3.63, 3.8) is 0 Å². The third kappa shape index (κ3) is 4.26. The van der Waals surface area contributed by atoms with Crippen LogP contribution in [0.2, 0.25) is 0 Å². The highest BCUT2D eigenvalue weighted by molar-refractivity contribution is 6.39. The van der Waals surface area contributed by atoms with E-state index in [9.17, 15) is 19.1 Å². The summed E-state index contributed by atoms with van der Waals surface area (Å²) in [6.07, 6.45) is 2.23. The zero-order chi connectivity index (χ0) is 15.4. The number of hydrogen-bond donors (Lipinski definition) is 3. The van der Waals surface area contributed by atoms with Gasteiger partial charge >= 0.3 is 11.8 Å². The van der Waals surface area contributed by atoms with Crippen LogP contribution in [-0.2, 0) is 9.59 Å². The molecular weight excluding hydrogens is 275 g/mol. The van der Waals surface area contributed by atoms with Gasteiger partial charge in [-0.05, 0) is 50.3 Å². The van der Waals surface area contributed by atoms with Gasteiger partial charge in [0.25, 0.3) is 0 Å². The number of aryl methyl sites for hydroxylation is 1. The first kappa shape index (κ1) is 15.4. The van der Waals surface area contributed by atoms with Gasteiger partial charge in [0, 0.05) is 11.7 Å². The molecule has 5 nitrogen and oxygen atoms in total. The molecule has 6 heteroatoms. The standard InChI is InChI=1S/C15H19FN2O3/c1-9-2-3-11(8-13(9)16)18-15(21)14(20)17-10-4-6-12(19)7-5-10/h2-3,8,10,12,19H,4-7H2,1H3,(H,17,20)(H,18,21). The molecule has 1 fully saturated rings. The van der Waals surface area contributed by atoms with Gasteiger partial charge in [-0.15, -0.1) is 0 Å². The lowest BCUT2D eigenvalue weighted by atomic mass is 9.93. The predicted octanol–water partition coefficient (Wildman–Crippen LogP) is 1.49. The van der Waals surface area contributed by atoms with E-state index in [4.69, 9.17) is 0 Å². The molecule has 0 aromatic heterocycles. The summed E-state index contributed by atoms with van der Waals surface area (Å²) in [7, 11) is 0. The van der Waals surface area contributed by atoms with Crippen molar-refractivity contribution in [2.45, 2.75) is 44.8 Å². The number of amides is 2. The molecule has 0 bridgehead atoms. The smallest absolute Gasteiger partial charge is 0.313 e. The maximum absolute atomic E-state index is 13.4. The zero-order valence-corrected chi connectivity index (χ0v) is 11.9. The maximum atomic E-state index is 13.4. The number of rotatable bonds is 2. The van der Waals surface area contributed by atoms with E-state index in [-0.39, 0.29) is 17.8 Å². The normalized spacial score (nSPS) is 21.7. The number of halogens is 1. The third-order valence-corrected chi connectivity index (χ3v) is 3.67. The summed E-state index contributed by atoms with van der Waals surface area (Å²) >= 11 is 0. The molecule has 0 saturated heterocycles. The molecule has 2 rings (SSSR count). The van der Waals surface area contributed by atoms with Crippen molar-refractivity contribution < 1.29 is 19.1 Å². The Labute approximate surface area is 122 Å². The SMILES string of the molecule is Cc1ccc(NC(=O)C(=O)NC2CCC(O)CC2)cc1F. The van der Waals surface area contributed by atoms with Crippen LogP contribution in [0.15, 0.2) is 18.2 Å². The Balaban J connectivity index is 1.87. The number of carbonyl (C=O) groups is 2. The zero-order valence-electron chi connectivity index (χ0n) is 11.9. The van der Waals surface area contributed by atoms with Crippen LogP contribution in [0.5, 0.6) is 0 Å². The third-order valence-electron chi connectivity index (χ3n) is 3.67. The Hall–Kier alpha value is -1.95. The largest absolute Gasteiger partial charge is 0.393 e. The highest BCUT2D eigenvalue weighted by atomic mass is 19.1. The molecule has 1 saturated carbocycles. The molecule has 0 aliphatic heterocycles. The summed E-state index contributed by atoms with van der Waals surface area (Å²) in [6.45, 7) is 1.62. The fourth-order valence-corrected chi connectivity index (χ4v) is 2.33. The summed E-state index contributed by atoms with van der Waals surface area (Å²) in [6, 6.07) is 4.16. The fraction of sp³-hybridized carbons (Fsp3) is 0.467. The van der Waals surface area contributed by atoms with E-state index in [0.717, 1.165) is 0 Å². The summed E-state index contributed by atoms with van der Waals surface area (Å²) in [5, 5.41) is 14.4. The first-order valence-electron chi connectivity index (χ1n) is 7.02. The van der Waals surface area contributed by atoms with E-state index in [0.29, 0.717) is 31.2 Å². The number of carbonyl (C=O) groups excluding carboxylic acids is 2. The van der Waals surface area contributed by atoms with Gasteiger partial charge in [0.05, 0.1) is 6.10 Å². The van der Waals surface area contributed by atoms with Crippen LogP contribution in [0.1, 0.15) is 31.2 Å². The van der Waals surface area contributed by atoms with Crippen LogP contribution in [0.25, 0.3) is 0 Å². The summed E-state index contributed by atoms with van der Waals surface area (Å²) in [5.41, 5.74) is 0.718. The van der Waals surface area contributed by atoms with Gasteiger partial charge in [-0.3, -0.25) is 9.59 Å². The van der Waals surface area contributed by atoms with E-state index in [1.165, 1.54) is 12.1 Å². The quantitative estimate of drug-likeness (QED) is 0.723. The van der Waals surface area contributed by atoms with Crippen LogP contribution in [0.3, 0.4) is 0 Å². The van der Waals surface area contributed by atoms with Crippen molar-refractivity contribution in [3.05, 3.63) is 29.6 Å². The summed E-state index contributed by atoms with van der Waals surface area (Å²) in [4.78, 5) is 23.5. The molecule has 0 heterocycles. The van der Waals surface area contributed by atoms with Gasteiger partial charge < -0.3 is 15.7 Å². The molecule has 114 valence electrons. The maximum Gasteiger partial charge on any atom is 0.313 e. The minimum atomic E-state index is -0.815. The number of nitrogens with one attached hydrogen (secondary N) is 2. The Morgan fingerprint density at radius 2 is 1.86 bits per heavy atom. The lowest BCUT2D eigenvalue weighted by molar-refractivity contribution is -0.136. The highest BCUT2D eigenvalue weighted by Crippen LogP contribution is 2.18. The fourth-order valence-electron chi connectivity index (χ4n) is 2.33. The second-order valence-electron chi connectivity index (χ2n) is 5.40. The highest BCUT2D eigenvalue weighted by Gasteiger charge is 2.23. The first-order valence-corrected chi connectivity index (χ1v) is 7.02. The van der Waals surface area contributed by atoms with Gasteiger partial charge in [0.2, 0.25) is 0 Å². The van der Waals surface area contributed by atoms with E-state index < -0.39 is 17.6 Å². The number of hydrogen-bond acceptors (Lipinski definition) is 3. The van der Waals surface area contributed by atoms with E-state index >= 15 is 0 Å². The van der Waals surface area contributed by atoms with Crippen molar-refractivity contribution in [2.75, 3.05) is 5.32 Å². The second-order valence-corrected chi connectivity index (χ2v) is 5.40. The Morgan fingerprint density at radius 3 is 2.48 bits per heavy atom. The van der Waals surface area contributed by atoms with Gasteiger partial charge in [-0.1, -0.05) is 6.07 Å². The second kappa shape index (κ2) is 6.67. The Morgan fingerprint density at radius 1 is 1.19 bits per heavy atom. The average molecular weight is 294 g/mol. The molecule has 3 N–H and O–H groups in total. The molecule has 0 radical (unpaired) electrons. The molecule has 21 heavy (non-hydrogen) atoms. The topological polar surface area (TPSA) is 78.4 Å². The van der Waals surface area contributed by atoms with Gasteiger partial charge in [-0.25, -0.2) is 4.39 Å². The van der Waals surface area contributed by atoms with E-state index in [2.05, 4.69) is 10.6 Å². The molecule has 0 spiro atoms. The molecule has 1 aromatic rings. The molecule has 1 aromatic carbocycles. The number of aliphatic hydroxyl groups excluding tert-OH is 1. The number of aliphatic hydroxyl groups is 1. The van der Waals surface area contributed by atoms with E-state index in [1.807, 2.05) is 0 Å². The molecule has 0 unspecified atom stereocenters. The Kier molecular flexibility index (Phi) is 4.90. The summed E-state index contributed by atoms with van der Waals surface area (Å²) < 4.78 is 13.4. The molecule has 2 amide bonds. The van der Waals surface area contributed by atoms with Crippen molar-refractivity contribution in [3.8, 4) is 0 Å². The van der Waals surface area contributed by atoms with Crippen molar-refractivity contribution in [1.29, 1.82) is 0 Å². The molecular formula is C15H19FN2O3. The molecule has 1 aliphatic rings. The predicted molar refractivity (Wildman–Crippen MR) is 76.2 cm³/mol. The van der Waals surface area contributed by atoms with Crippen molar-refractivity contribution in [2.24, 2.45) is 0 Å². The lowest BCUT2D eigenvalue weighted by Crippen LogP contribution is -2.43.